The predicted octanol–water partition coefficient (Wildman–Crippen LogP) is 4.11. The highest BCUT2D eigenvalue weighted by Crippen LogP contribution is 2.33. The average Bonchev–Trinajstić information content (AvgIpc) is 3.13. The van der Waals surface area contributed by atoms with Crippen LogP contribution in [0.25, 0.3) is 0 Å². The first kappa shape index (κ1) is 41.0. The highest BCUT2D eigenvalue weighted by Gasteiger charge is 2.45. The number of carbonyl (C=O) groups excluding carboxylic acids is 1. The topological polar surface area (TPSA) is 169 Å². The molecule has 0 aliphatic carbocycles. The Bertz CT molecular complexity index is 1130. The zero-order valence-electron chi connectivity index (χ0n) is 29.4. The number of amides is 1. The predicted molar refractivity (Wildman–Crippen MR) is 189 cm³/mol. The van der Waals surface area contributed by atoms with Gasteiger partial charge in [-0.25, -0.2) is 0 Å². The molecular formula is C39H61NO9. The van der Waals surface area contributed by atoms with Crippen molar-refractivity contribution in [3.05, 3.63) is 71.8 Å². The van der Waals surface area contributed by atoms with Crippen LogP contribution in [0.1, 0.15) is 108 Å². The van der Waals surface area contributed by atoms with E-state index in [1.807, 2.05) is 60.7 Å². The number of ether oxygens (including phenoxy) is 2. The quantitative estimate of drug-likeness (QED) is 0.0851. The van der Waals surface area contributed by atoms with E-state index in [0.29, 0.717) is 12.8 Å². The van der Waals surface area contributed by atoms with Crippen molar-refractivity contribution in [3.63, 3.8) is 0 Å². The van der Waals surface area contributed by atoms with Gasteiger partial charge in [0.15, 0.2) is 6.29 Å². The zero-order chi connectivity index (χ0) is 35.6. The van der Waals surface area contributed by atoms with Gasteiger partial charge in [-0.05, 0) is 24.5 Å². The van der Waals surface area contributed by atoms with Crippen LogP contribution < -0.4 is 5.32 Å². The molecule has 3 rings (SSSR count). The molecule has 0 bridgehead atoms. The molecule has 1 heterocycles. The minimum atomic E-state index is -1.66. The van der Waals surface area contributed by atoms with Gasteiger partial charge < -0.3 is 45.4 Å². The number of aliphatic hydroxyl groups excluding tert-OH is 6. The van der Waals surface area contributed by atoms with Gasteiger partial charge >= 0.3 is 0 Å². The number of hydrogen-bond acceptors (Lipinski definition) is 9. The van der Waals surface area contributed by atoms with Crippen molar-refractivity contribution in [1.29, 1.82) is 0 Å². The van der Waals surface area contributed by atoms with Gasteiger partial charge in [-0.1, -0.05) is 145 Å². The summed E-state index contributed by atoms with van der Waals surface area (Å²) in [6.45, 7) is 2.99. The zero-order valence-corrected chi connectivity index (χ0v) is 29.4. The van der Waals surface area contributed by atoms with Crippen molar-refractivity contribution in [2.24, 2.45) is 0 Å². The number of unbranched alkanes of at least 4 members (excludes halogenated alkanes) is 11. The summed E-state index contributed by atoms with van der Waals surface area (Å²) in [7, 11) is 0. The van der Waals surface area contributed by atoms with Crippen molar-refractivity contribution in [2.45, 2.75) is 152 Å². The Labute approximate surface area is 292 Å². The van der Waals surface area contributed by atoms with Gasteiger partial charge in [0.25, 0.3) is 0 Å². The SMILES string of the molecule is CCCCCCCCCCCCCC[C@@H](O)[C@@H](O)[C@H](CO[C@H]1O[C@H](CO)[C@H](O)[C@H](O)[C@H]1O)NC(=O)C(C)(c1ccccc1)c1ccccc1. The Hall–Kier alpha value is -2.41. The Morgan fingerprint density at radius 1 is 0.776 bits per heavy atom. The highest BCUT2D eigenvalue weighted by atomic mass is 16.7. The monoisotopic (exact) mass is 687 g/mol. The number of benzene rings is 2. The van der Waals surface area contributed by atoms with Crippen LogP contribution in [-0.4, -0.2) is 98.7 Å². The lowest BCUT2D eigenvalue weighted by atomic mass is 9.75. The molecule has 2 aromatic carbocycles. The fourth-order valence-electron chi connectivity index (χ4n) is 6.55. The molecule has 1 aliphatic heterocycles. The van der Waals surface area contributed by atoms with Crippen LogP contribution in [0.15, 0.2) is 60.7 Å². The molecule has 1 aliphatic rings. The van der Waals surface area contributed by atoms with Crippen molar-refractivity contribution in [3.8, 4) is 0 Å². The summed E-state index contributed by atoms with van der Waals surface area (Å²) in [5.41, 5.74) is 0.266. The second kappa shape index (κ2) is 21.7. The van der Waals surface area contributed by atoms with E-state index in [9.17, 15) is 35.4 Å². The lowest BCUT2D eigenvalue weighted by molar-refractivity contribution is -0.303. The normalized spacial score (nSPS) is 23.1. The summed E-state index contributed by atoms with van der Waals surface area (Å²) in [4.78, 5) is 14.2. The van der Waals surface area contributed by atoms with Crippen molar-refractivity contribution in [1.82, 2.24) is 5.32 Å². The van der Waals surface area contributed by atoms with Crippen molar-refractivity contribution >= 4 is 5.91 Å². The van der Waals surface area contributed by atoms with Gasteiger partial charge in [-0.15, -0.1) is 0 Å². The highest BCUT2D eigenvalue weighted by molar-refractivity contribution is 5.91. The Balaban J connectivity index is 1.66. The van der Waals surface area contributed by atoms with Crippen LogP contribution in [0.3, 0.4) is 0 Å². The van der Waals surface area contributed by atoms with E-state index in [1.54, 1.807) is 6.92 Å². The molecule has 0 aromatic heterocycles. The van der Waals surface area contributed by atoms with Crippen LogP contribution in [0.5, 0.6) is 0 Å². The molecule has 276 valence electrons. The van der Waals surface area contributed by atoms with Crippen LogP contribution in [0.2, 0.25) is 0 Å². The summed E-state index contributed by atoms with van der Waals surface area (Å²) in [6.07, 6.45) is 4.25. The maximum Gasteiger partial charge on any atom is 0.235 e. The van der Waals surface area contributed by atoms with Gasteiger partial charge in [0.1, 0.15) is 30.5 Å². The van der Waals surface area contributed by atoms with Gasteiger partial charge in [0.05, 0.1) is 30.8 Å². The van der Waals surface area contributed by atoms with E-state index in [1.165, 1.54) is 51.4 Å². The number of rotatable bonds is 23. The molecule has 0 radical (unpaired) electrons. The minimum absolute atomic E-state index is 0.319. The summed E-state index contributed by atoms with van der Waals surface area (Å²) < 4.78 is 11.3. The smallest absolute Gasteiger partial charge is 0.235 e. The second-order valence-electron chi connectivity index (χ2n) is 13.7. The van der Waals surface area contributed by atoms with E-state index in [0.717, 1.165) is 30.4 Å². The number of carbonyl (C=O) groups is 1. The number of nitrogens with one attached hydrogen (secondary N) is 1. The molecular weight excluding hydrogens is 626 g/mol. The molecule has 49 heavy (non-hydrogen) atoms. The van der Waals surface area contributed by atoms with E-state index in [4.69, 9.17) is 9.47 Å². The summed E-state index contributed by atoms with van der Waals surface area (Å²) in [6, 6.07) is 17.4. The van der Waals surface area contributed by atoms with Crippen LogP contribution in [0.4, 0.5) is 0 Å². The average molecular weight is 688 g/mol. The van der Waals surface area contributed by atoms with E-state index < -0.39 is 73.5 Å². The van der Waals surface area contributed by atoms with E-state index in [-0.39, 0.29) is 0 Å². The molecule has 0 spiro atoms. The summed E-state index contributed by atoms with van der Waals surface area (Å²) >= 11 is 0. The molecule has 1 amide bonds. The second-order valence-corrected chi connectivity index (χ2v) is 13.7. The van der Waals surface area contributed by atoms with Gasteiger partial charge in [0.2, 0.25) is 5.91 Å². The third-order valence-electron chi connectivity index (χ3n) is 9.92. The fourth-order valence-corrected chi connectivity index (χ4v) is 6.55. The van der Waals surface area contributed by atoms with Crippen LogP contribution in [0, 0.1) is 0 Å². The third kappa shape index (κ3) is 12.1. The molecule has 10 heteroatoms. The first-order valence-corrected chi connectivity index (χ1v) is 18.3. The molecule has 1 saturated heterocycles. The molecule has 2 aromatic rings. The Morgan fingerprint density at radius 3 is 1.76 bits per heavy atom. The Morgan fingerprint density at radius 2 is 1.27 bits per heavy atom. The maximum absolute atomic E-state index is 14.2. The summed E-state index contributed by atoms with van der Waals surface area (Å²) in [5.74, 6) is -0.441. The molecule has 0 saturated carbocycles. The first-order chi connectivity index (χ1) is 23.6. The van der Waals surface area contributed by atoms with Gasteiger partial charge in [-0.3, -0.25) is 4.79 Å². The number of hydrogen-bond donors (Lipinski definition) is 7. The molecule has 7 N–H and O–H groups in total. The van der Waals surface area contributed by atoms with E-state index in [2.05, 4.69) is 12.2 Å². The molecule has 1 fully saturated rings. The molecule has 0 unspecified atom stereocenters. The van der Waals surface area contributed by atoms with E-state index >= 15 is 0 Å². The van der Waals surface area contributed by atoms with Crippen molar-refractivity contribution < 1.29 is 44.9 Å². The summed E-state index contributed by atoms with van der Waals surface area (Å²) in [5, 5.41) is 66.0. The van der Waals surface area contributed by atoms with Gasteiger partial charge in [-0.2, -0.15) is 0 Å². The van der Waals surface area contributed by atoms with Crippen LogP contribution >= 0.6 is 0 Å². The lowest BCUT2D eigenvalue weighted by Gasteiger charge is -2.40. The molecule has 10 nitrogen and oxygen atoms in total. The van der Waals surface area contributed by atoms with Crippen molar-refractivity contribution in [2.75, 3.05) is 13.2 Å². The third-order valence-corrected chi connectivity index (χ3v) is 9.92. The number of aliphatic hydroxyl groups is 6. The first-order valence-electron chi connectivity index (χ1n) is 18.3. The molecule has 8 atom stereocenters. The fraction of sp³-hybridized carbons (Fsp3) is 0.667. The van der Waals surface area contributed by atoms with Crippen LogP contribution in [-0.2, 0) is 19.7 Å². The van der Waals surface area contributed by atoms with Gasteiger partial charge in [0, 0.05) is 0 Å². The largest absolute Gasteiger partial charge is 0.394 e. The Kier molecular flexibility index (Phi) is 18.2. The minimum Gasteiger partial charge on any atom is -0.394 e. The lowest BCUT2D eigenvalue weighted by Crippen LogP contribution is -2.60. The standard InChI is InChI=1S/C39H61NO9/c1-3-4-5-6-7-8-9-10-11-12-13-20-25-31(42)33(43)30(27-48-37-36(46)35(45)34(44)32(26-41)49-37)40-38(47)39(2,28-21-16-14-17-22-28)29-23-18-15-19-24-29/h14-19,21-24,30-37,41-46H,3-13,20,25-27H2,1-2H3,(H,40,47)/t30-,31+,32+,33-,34-,35-,36+,37-/m0/s1. The maximum atomic E-state index is 14.2.